The summed E-state index contributed by atoms with van der Waals surface area (Å²) >= 11 is 0. The fourth-order valence-corrected chi connectivity index (χ4v) is 1.95. The number of carbonyl (C=O) groups is 1. The van der Waals surface area contributed by atoms with E-state index in [1.807, 2.05) is 13.8 Å². The van der Waals surface area contributed by atoms with E-state index >= 15 is 0 Å². The predicted molar refractivity (Wildman–Crippen MR) is 75.0 cm³/mol. The van der Waals surface area contributed by atoms with Crippen LogP contribution in [-0.2, 0) is 9.53 Å². The van der Waals surface area contributed by atoms with Crippen LogP contribution in [0.5, 0.6) is 0 Å². The minimum atomic E-state index is -0.493. The molecular formula is C12H18N6O2. The van der Waals surface area contributed by atoms with Crippen LogP contribution in [0.4, 0.5) is 11.8 Å². The molecule has 108 valence electrons. The maximum Gasteiger partial charge on any atom is 0.328 e. The van der Waals surface area contributed by atoms with Crippen molar-refractivity contribution in [3.05, 3.63) is 6.20 Å². The SMILES string of the molecule is COC(=O)C(CC(C)C)Nc1nc(N)nc2[nH]ncc12. The molecule has 2 heterocycles. The normalized spacial score (nSPS) is 12.6. The molecule has 2 rings (SSSR count). The summed E-state index contributed by atoms with van der Waals surface area (Å²) in [5, 5.41) is 10.4. The van der Waals surface area contributed by atoms with Crippen LogP contribution in [0.25, 0.3) is 11.0 Å². The van der Waals surface area contributed by atoms with Crippen molar-refractivity contribution in [1.29, 1.82) is 0 Å². The number of nitrogens with zero attached hydrogens (tertiary/aromatic N) is 3. The highest BCUT2D eigenvalue weighted by atomic mass is 16.5. The highest BCUT2D eigenvalue weighted by molar-refractivity contribution is 5.89. The summed E-state index contributed by atoms with van der Waals surface area (Å²) in [6, 6.07) is -0.493. The average Bonchev–Trinajstić information content (AvgIpc) is 2.84. The molecule has 0 aliphatic carbocycles. The molecule has 1 unspecified atom stereocenters. The van der Waals surface area contributed by atoms with E-state index in [-0.39, 0.29) is 11.9 Å². The van der Waals surface area contributed by atoms with Crippen LogP contribution in [0.3, 0.4) is 0 Å². The second-order valence-electron chi connectivity index (χ2n) is 4.91. The van der Waals surface area contributed by atoms with E-state index in [2.05, 4.69) is 25.5 Å². The second-order valence-corrected chi connectivity index (χ2v) is 4.91. The number of fused-ring (bicyclic) bond motifs is 1. The predicted octanol–water partition coefficient (Wildman–Crippen LogP) is 0.935. The van der Waals surface area contributed by atoms with Crippen molar-refractivity contribution in [3.63, 3.8) is 0 Å². The number of anilines is 2. The molecule has 20 heavy (non-hydrogen) atoms. The van der Waals surface area contributed by atoms with Gasteiger partial charge in [0.15, 0.2) is 5.65 Å². The van der Waals surface area contributed by atoms with Crippen molar-refractivity contribution in [2.45, 2.75) is 26.3 Å². The molecule has 0 aliphatic heterocycles. The summed E-state index contributed by atoms with van der Waals surface area (Å²) < 4.78 is 4.81. The first kappa shape index (κ1) is 14.0. The van der Waals surface area contributed by atoms with Crippen molar-refractivity contribution in [1.82, 2.24) is 20.2 Å². The van der Waals surface area contributed by atoms with Gasteiger partial charge in [-0.05, 0) is 12.3 Å². The highest BCUT2D eigenvalue weighted by Crippen LogP contribution is 2.21. The van der Waals surface area contributed by atoms with Crippen molar-refractivity contribution >= 4 is 28.8 Å². The highest BCUT2D eigenvalue weighted by Gasteiger charge is 2.22. The molecule has 4 N–H and O–H groups in total. The Morgan fingerprint density at radius 3 is 2.90 bits per heavy atom. The van der Waals surface area contributed by atoms with Crippen LogP contribution in [0, 0.1) is 5.92 Å². The van der Waals surface area contributed by atoms with E-state index in [1.165, 1.54) is 7.11 Å². The van der Waals surface area contributed by atoms with Gasteiger partial charge in [0.2, 0.25) is 5.95 Å². The van der Waals surface area contributed by atoms with Crippen molar-refractivity contribution in [2.75, 3.05) is 18.2 Å². The Morgan fingerprint density at radius 1 is 1.50 bits per heavy atom. The Bertz CT molecular complexity index is 609. The number of carbonyl (C=O) groups excluding carboxylic acids is 1. The first-order chi connectivity index (χ1) is 9.51. The van der Waals surface area contributed by atoms with E-state index < -0.39 is 6.04 Å². The number of rotatable bonds is 5. The van der Waals surface area contributed by atoms with Crippen molar-refractivity contribution < 1.29 is 9.53 Å². The fourth-order valence-electron chi connectivity index (χ4n) is 1.95. The molecule has 0 saturated heterocycles. The number of esters is 1. The maximum absolute atomic E-state index is 11.8. The van der Waals surface area contributed by atoms with Gasteiger partial charge in [0.1, 0.15) is 11.9 Å². The van der Waals surface area contributed by atoms with Crippen LogP contribution in [0.1, 0.15) is 20.3 Å². The number of aromatic amines is 1. The van der Waals surface area contributed by atoms with Gasteiger partial charge in [0, 0.05) is 0 Å². The number of nitrogens with two attached hydrogens (primary N) is 1. The van der Waals surface area contributed by atoms with Gasteiger partial charge in [-0.15, -0.1) is 0 Å². The Hall–Kier alpha value is -2.38. The van der Waals surface area contributed by atoms with E-state index in [0.29, 0.717) is 29.2 Å². The molecule has 0 aromatic carbocycles. The lowest BCUT2D eigenvalue weighted by Gasteiger charge is -2.19. The summed E-state index contributed by atoms with van der Waals surface area (Å²) in [6.07, 6.45) is 2.21. The third-order valence-electron chi connectivity index (χ3n) is 2.83. The minimum absolute atomic E-state index is 0.109. The fraction of sp³-hybridized carbons (Fsp3) is 0.500. The lowest BCUT2D eigenvalue weighted by molar-refractivity contribution is -0.141. The van der Waals surface area contributed by atoms with E-state index in [9.17, 15) is 4.79 Å². The molecule has 0 saturated carbocycles. The van der Waals surface area contributed by atoms with Gasteiger partial charge in [-0.25, -0.2) is 4.79 Å². The first-order valence-corrected chi connectivity index (χ1v) is 6.32. The molecule has 0 radical (unpaired) electrons. The van der Waals surface area contributed by atoms with Crippen LogP contribution >= 0.6 is 0 Å². The van der Waals surface area contributed by atoms with Crippen LogP contribution in [-0.4, -0.2) is 39.3 Å². The first-order valence-electron chi connectivity index (χ1n) is 6.32. The van der Waals surface area contributed by atoms with E-state index in [0.717, 1.165) is 0 Å². The summed E-state index contributed by atoms with van der Waals surface area (Å²) in [6.45, 7) is 4.05. The van der Waals surface area contributed by atoms with E-state index in [1.54, 1.807) is 6.20 Å². The summed E-state index contributed by atoms with van der Waals surface area (Å²) in [4.78, 5) is 20.0. The number of methoxy groups -OCH3 is 1. The molecule has 2 aromatic rings. The molecule has 0 aliphatic rings. The third-order valence-corrected chi connectivity index (χ3v) is 2.83. The van der Waals surface area contributed by atoms with Crippen molar-refractivity contribution in [3.8, 4) is 0 Å². The third kappa shape index (κ3) is 2.95. The molecule has 8 nitrogen and oxygen atoms in total. The molecule has 8 heteroatoms. The number of ether oxygens (including phenoxy) is 1. The topological polar surface area (TPSA) is 119 Å². The Kier molecular flexibility index (Phi) is 4.02. The number of nitrogen functional groups attached to an aromatic ring is 1. The largest absolute Gasteiger partial charge is 0.467 e. The van der Waals surface area contributed by atoms with Crippen molar-refractivity contribution in [2.24, 2.45) is 5.92 Å². The van der Waals surface area contributed by atoms with Gasteiger partial charge in [-0.2, -0.15) is 15.1 Å². The lowest BCUT2D eigenvalue weighted by Crippen LogP contribution is -2.32. The van der Waals surface area contributed by atoms with Crippen LogP contribution in [0.15, 0.2) is 6.20 Å². The standard InChI is InChI=1S/C12H18N6O2/c1-6(2)4-8(11(19)20-3)15-9-7-5-14-18-10(7)17-12(13)16-9/h5-6,8H,4H2,1-3H3,(H4,13,14,15,16,17,18). The summed E-state index contributed by atoms with van der Waals surface area (Å²) in [5.41, 5.74) is 6.16. The monoisotopic (exact) mass is 278 g/mol. The van der Waals surface area contributed by atoms with Gasteiger partial charge >= 0.3 is 5.97 Å². The smallest absolute Gasteiger partial charge is 0.328 e. The second kappa shape index (κ2) is 5.72. The summed E-state index contributed by atoms with van der Waals surface area (Å²) in [7, 11) is 1.36. The molecule has 0 bridgehead atoms. The quantitative estimate of drug-likeness (QED) is 0.696. The van der Waals surface area contributed by atoms with Crippen LogP contribution in [0.2, 0.25) is 0 Å². The Morgan fingerprint density at radius 2 is 2.25 bits per heavy atom. The maximum atomic E-state index is 11.8. The molecule has 0 amide bonds. The van der Waals surface area contributed by atoms with E-state index in [4.69, 9.17) is 10.5 Å². The van der Waals surface area contributed by atoms with Gasteiger partial charge < -0.3 is 15.8 Å². The van der Waals surface area contributed by atoms with Crippen LogP contribution < -0.4 is 11.1 Å². The van der Waals surface area contributed by atoms with Gasteiger partial charge in [-0.3, -0.25) is 5.10 Å². The Labute approximate surface area is 116 Å². The van der Waals surface area contributed by atoms with Gasteiger partial charge in [-0.1, -0.05) is 13.8 Å². The van der Waals surface area contributed by atoms with Gasteiger partial charge in [0.25, 0.3) is 0 Å². The number of aromatic nitrogens is 4. The molecule has 2 aromatic heterocycles. The average molecular weight is 278 g/mol. The lowest BCUT2D eigenvalue weighted by atomic mass is 10.0. The minimum Gasteiger partial charge on any atom is -0.467 e. The number of H-pyrrole nitrogens is 1. The number of nitrogens with one attached hydrogen (secondary N) is 2. The number of hydrogen-bond donors (Lipinski definition) is 3. The zero-order valence-corrected chi connectivity index (χ0v) is 11.7. The molecule has 0 fully saturated rings. The van der Waals surface area contributed by atoms with Gasteiger partial charge in [0.05, 0.1) is 18.7 Å². The Balaban J connectivity index is 2.32. The number of hydrogen-bond acceptors (Lipinski definition) is 7. The molecule has 0 spiro atoms. The zero-order chi connectivity index (χ0) is 14.7. The summed E-state index contributed by atoms with van der Waals surface area (Å²) in [5.74, 6) is 0.563. The molecule has 1 atom stereocenters. The zero-order valence-electron chi connectivity index (χ0n) is 11.7. The molecular weight excluding hydrogens is 260 g/mol.